The van der Waals surface area contributed by atoms with Crippen LogP contribution in [0.2, 0.25) is 0 Å². The van der Waals surface area contributed by atoms with Crippen LogP contribution >= 0.6 is 0 Å². The maximum atomic E-state index is 12.0. The summed E-state index contributed by atoms with van der Waals surface area (Å²) < 4.78 is 5.75. The molecule has 0 amide bonds. The average molecular weight is 251 g/mol. The molecule has 0 bridgehead atoms. The maximum Gasteiger partial charge on any atom is 0.255 e. The van der Waals surface area contributed by atoms with E-state index in [4.69, 9.17) is 4.74 Å². The quantitative estimate of drug-likeness (QED) is 0.854. The Balaban J connectivity index is 2.43. The first kappa shape index (κ1) is 13.2. The van der Waals surface area contributed by atoms with Crippen LogP contribution in [0.3, 0.4) is 0 Å². The molecule has 0 fully saturated rings. The number of fused-ring (bicyclic) bond motifs is 1. The molecular formula is C13H21N3O2. The predicted octanol–water partition coefficient (Wildman–Crippen LogP) is 1.50. The molecule has 5 nitrogen and oxygen atoms in total. The molecule has 1 aliphatic rings. The number of rotatable bonds is 3. The third-order valence-electron chi connectivity index (χ3n) is 3.08. The van der Waals surface area contributed by atoms with E-state index in [0.29, 0.717) is 25.5 Å². The Kier molecular flexibility index (Phi) is 3.54. The van der Waals surface area contributed by atoms with Crippen molar-refractivity contribution in [2.45, 2.75) is 46.9 Å². The van der Waals surface area contributed by atoms with Crippen molar-refractivity contribution in [2.75, 3.05) is 6.61 Å². The number of ether oxygens (including phenoxy) is 1. The minimum Gasteiger partial charge on any atom is -0.370 e. The summed E-state index contributed by atoms with van der Waals surface area (Å²) in [6.45, 7) is 10.1. The van der Waals surface area contributed by atoms with Crippen LogP contribution in [0.15, 0.2) is 4.79 Å². The number of nitrogens with one attached hydrogen (secondary N) is 2. The molecule has 0 saturated heterocycles. The van der Waals surface area contributed by atoms with Crippen LogP contribution in [0, 0.1) is 5.41 Å². The minimum atomic E-state index is -0.193. The van der Waals surface area contributed by atoms with Crippen molar-refractivity contribution in [3.8, 4) is 0 Å². The van der Waals surface area contributed by atoms with E-state index in [9.17, 15) is 4.79 Å². The van der Waals surface area contributed by atoms with Gasteiger partial charge in [0.15, 0.2) is 0 Å². The molecule has 2 rings (SSSR count). The van der Waals surface area contributed by atoms with Gasteiger partial charge in [0.1, 0.15) is 11.9 Å². The number of nitrogens with zero attached hydrogens (tertiary/aromatic N) is 1. The molecule has 1 aromatic heterocycles. The summed E-state index contributed by atoms with van der Waals surface area (Å²) in [5.74, 6) is 0.636. The van der Waals surface area contributed by atoms with Gasteiger partial charge >= 0.3 is 0 Å². The smallest absolute Gasteiger partial charge is 0.255 e. The van der Waals surface area contributed by atoms with Crippen LogP contribution in [-0.2, 0) is 17.8 Å². The molecule has 0 aromatic carbocycles. The van der Waals surface area contributed by atoms with Crippen molar-refractivity contribution in [1.29, 1.82) is 0 Å². The Bertz CT molecular complexity index is 488. The predicted molar refractivity (Wildman–Crippen MR) is 69.2 cm³/mol. The molecule has 1 atom stereocenters. The first-order valence-corrected chi connectivity index (χ1v) is 6.37. The highest BCUT2D eigenvalue weighted by molar-refractivity contribution is 5.22. The van der Waals surface area contributed by atoms with Gasteiger partial charge in [0.25, 0.3) is 5.56 Å². The fourth-order valence-corrected chi connectivity index (χ4v) is 2.23. The largest absolute Gasteiger partial charge is 0.370 e. The number of aromatic amines is 1. The van der Waals surface area contributed by atoms with Crippen molar-refractivity contribution >= 4 is 0 Å². The van der Waals surface area contributed by atoms with Gasteiger partial charge in [0.05, 0.1) is 11.3 Å². The zero-order valence-corrected chi connectivity index (χ0v) is 11.5. The second-order valence-electron chi connectivity index (χ2n) is 5.68. The highest BCUT2D eigenvalue weighted by atomic mass is 16.5. The van der Waals surface area contributed by atoms with Gasteiger partial charge in [-0.15, -0.1) is 0 Å². The monoisotopic (exact) mass is 251 g/mol. The van der Waals surface area contributed by atoms with Gasteiger partial charge in [-0.3, -0.25) is 4.79 Å². The summed E-state index contributed by atoms with van der Waals surface area (Å²) in [6.07, 6.45) is -0.193. The van der Waals surface area contributed by atoms with Crippen molar-refractivity contribution in [3.63, 3.8) is 0 Å². The van der Waals surface area contributed by atoms with Crippen LogP contribution in [0.1, 0.15) is 50.9 Å². The van der Waals surface area contributed by atoms with Crippen molar-refractivity contribution in [3.05, 3.63) is 27.4 Å². The average Bonchev–Trinajstić information content (AvgIpc) is 2.72. The highest BCUT2D eigenvalue weighted by Crippen LogP contribution is 2.34. The minimum absolute atomic E-state index is 0.0473. The third-order valence-corrected chi connectivity index (χ3v) is 3.08. The van der Waals surface area contributed by atoms with E-state index in [1.54, 1.807) is 0 Å². The molecule has 1 unspecified atom stereocenters. The molecular weight excluding hydrogens is 230 g/mol. The lowest BCUT2D eigenvalue weighted by atomic mass is 9.88. The Morgan fingerprint density at radius 1 is 1.39 bits per heavy atom. The Labute approximate surface area is 107 Å². The van der Waals surface area contributed by atoms with Crippen LogP contribution in [-0.4, -0.2) is 16.6 Å². The molecule has 18 heavy (non-hydrogen) atoms. The van der Waals surface area contributed by atoms with Crippen molar-refractivity contribution in [1.82, 2.24) is 15.3 Å². The molecule has 100 valence electrons. The lowest BCUT2D eigenvalue weighted by Gasteiger charge is -2.29. The van der Waals surface area contributed by atoms with E-state index >= 15 is 0 Å². The summed E-state index contributed by atoms with van der Waals surface area (Å²) in [6, 6.07) is 0. The molecule has 0 spiro atoms. The summed E-state index contributed by atoms with van der Waals surface area (Å²) in [4.78, 5) is 19.4. The first-order chi connectivity index (χ1) is 8.43. The summed E-state index contributed by atoms with van der Waals surface area (Å²) in [5.41, 5.74) is 1.45. The van der Waals surface area contributed by atoms with E-state index in [-0.39, 0.29) is 17.1 Å². The lowest BCUT2D eigenvalue weighted by molar-refractivity contribution is -0.0194. The molecule has 5 heteroatoms. The molecule has 2 heterocycles. The van der Waals surface area contributed by atoms with Crippen molar-refractivity contribution < 1.29 is 4.74 Å². The molecule has 1 aromatic rings. The lowest BCUT2D eigenvalue weighted by Crippen LogP contribution is -2.27. The molecule has 0 aliphatic carbocycles. The maximum absolute atomic E-state index is 12.0. The fourth-order valence-electron chi connectivity index (χ4n) is 2.23. The molecule has 1 aliphatic heterocycles. The van der Waals surface area contributed by atoms with Crippen LogP contribution in [0.5, 0.6) is 0 Å². The summed E-state index contributed by atoms with van der Waals surface area (Å²) in [7, 11) is 0. The number of H-pyrrole nitrogens is 1. The van der Waals surface area contributed by atoms with E-state index < -0.39 is 0 Å². The number of aromatic nitrogens is 2. The summed E-state index contributed by atoms with van der Waals surface area (Å²) in [5, 5.41) is 3.14. The normalized spacial score (nSPS) is 16.7. The van der Waals surface area contributed by atoms with Crippen LogP contribution in [0.25, 0.3) is 0 Å². The molecule has 2 N–H and O–H groups in total. The van der Waals surface area contributed by atoms with E-state index in [1.165, 1.54) is 0 Å². The zero-order chi connectivity index (χ0) is 13.3. The molecule has 0 radical (unpaired) electrons. The van der Waals surface area contributed by atoms with E-state index in [2.05, 4.69) is 36.1 Å². The Hall–Kier alpha value is -1.20. The van der Waals surface area contributed by atoms with Gasteiger partial charge in [0.2, 0.25) is 0 Å². The number of hydrogen-bond acceptors (Lipinski definition) is 4. The van der Waals surface area contributed by atoms with Gasteiger partial charge in [-0.1, -0.05) is 20.8 Å². The van der Waals surface area contributed by atoms with Gasteiger partial charge < -0.3 is 15.0 Å². The highest BCUT2D eigenvalue weighted by Gasteiger charge is 2.30. The molecule has 0 saturated carbocycles. The standard InChI is InChI=1S/C13H21N3O2/c1-5-18-10(13(2,3)4)11-15-9-7-14-6-8(9)12(17)16-11/h10,14H,5-7H2,1-4H3,(H,15,16,17). The van der Waals surface area contributed by atoms with Crippen LogP contribution in [0.4, 0.5) is 0 Å². The van der Waals surface area contributed by atoms with Gasteiger partial charge in [-0.05, 0) is 12.3 Å². The first-order valence-electron chi connectivity index (χ1n) is 6.37. The topological polar surface area (TPSA) is 67.0 Å². The zero-order valence-electron chi connectivity index (χ0n) is 11.5. The van der Waals surface area contributed by atoms with Crippen LogP contribution < -0.4 is 10.9 Å². The second-order valence-corrected chi connectivity index (χ2v) is 5.68. The van der Waals surface area contributed by atoms with Crippen molar-refractivity contribution in [2.24, 2.45) is 5.41 Å². The second kappa shape index (κ2) is 4.82. The summed E-state index contributed by atoms with van der Waals surface area (Å²) >= 11 is 0. The van der Waals surface area contributed by atoms with E-state index in [1.807, 2.05) is 6.92 Å². The van der Waals surface area contributed by atoms with Gasteiger partial charge in [-0.25, -0.2) is 4.98 Å². The Morgan fingerprint density at radius 2 is 2.11 bits per heavy atom. The van der Waals surface area contributed by atoms with Gasteiger partial charge in [0, 0.05) is 19.7 Å². The van der Waals surface area contributed by atoms with E-state index in [0.717, 1.165) is 11.3 Å². The third kappa shape index (κ3) is 2.47. The van der Waals surface area contributed by atoms with Gasteiger partial charge in [-0.2, -0.15) is 0 Å². The SMILES string of the molecule is CCOC(c1nc2c(c(=O)[nH]1)CNC2)C(C)(C)C. The fraction of sp³-hybridized carbons (Fsp3) is 0.692. The number of hydrogen-bond donors (Lipinski definition) is 2. The Morgan fingerprint density at radius 3 is 2.72 bits per heavy atom.